The van der Waals surface area contributed by atoms with Gasteiger partial charge in [-0.25, -0.2) is 0 Å². The number of anilines is 2. The highest BCUT2D eigenvalue weighted by atomic mass is 19.4. The number of likely N-dealkylation sites (tertiary alicyclic amines) is 1. The van der Waals surface area contributed by atoms with Crippen LogP contribution in [-0.4, -0.2) is 52.2 Å². The molecule has 0 aliphatic carbocycles. The van der Waals surface area contributed by atoms with Crippen molar-refractivity contribution in [2.45, 2.75) is 57.8 Å². The number of nitrogens with zero attached hydrogens (tertiary/aromatic N) is 4. The zero-order valence-corrected chi connectivity index (χ0v) is 22.2. The van der Waals surface area contributed by atoms with Crippen molar-refractivity contribution in [1.82, 2.24) is 14.5 Å². The van der Waals surface area contributed by atoms with Crippen LogP contribution in [0.2, 0.25) is 0 Å². The number of hydrogen-bond donors (Lipinski definition) is 2. The van der Waals surface area contributed by atoms with E-state index in [9.17, 15) is 23.2 Å². The summed E-state index contributed by atoms with van der Waals surface area (Å²) in [4.78, 5) is 17.8. The molecule has 3 heterocycles. The molecule has 0 atom stereocenters. The van der Waals surface area contributed by atoms with Crippen molar-refractivity contribution < 1.29 is 18.0 Å². The monoisotopic (exact) mass is 536 g/mol. The molecule has 1 amide bonds. The Bertz CT molecular complexity index is 1430. The molecule has 0 unspecified atom stereocenters. The number of nitrogens with one attached hydrogen (secondary N) is 2. The Balaban J connectivity index is 1.60. The predicted molar refractivity (Wildman–Crippen MR) is 145 cm³/mol. The van der Waals surface area contributed by atoms with Gasteiger partial charge in [0.25, 0.3) is 0 Å². The first-order chi connectivity index (χ1) is 18.5. The second-order valence-electron chi connectivity index (χ2n) is 10.2. The summed E-state index contributed by atoms with van der Waals surface area (Å²) >= 11 is 0. The Morgan fingerprint density at radius 2 is 1.87 bits per heavy atom. The maximum Gasteiger partial charge on any atom is 0.406 e. The maximum absolute atomic E-state index is 13.6. The molecule has 204 valence electrons. The van der Waals surface area contributed by atoms with Crippen LogP contribution >= 0.6 is 0 Å². The second kappa shape index (κ2) is 11.3. The fourth-order valence-corrected chi connectivity index (χ4v) is 4.67. The van der Waals surface area contributed by atoms with Crippen LogP contribution in [0.1, 0.15) is 45.0 Å². The molecule has 4 rings (SSSR count). The normalized spacial score (nSPS) is 14.4. The van der Waals surface area contributed by atoms with Crippen molar-refractivity contribution in [3.63, 3.8) is 0 Å². The summed E-state index contributed by atoms with van der Waals surface area (Å²) in [5, 5.41) is 16.5. The minimum Gasteiger partial charge on any atom is -0.379 e. The van der Waals surface area contributed by atoms with E-state index in [2.05, 4.69) is 33.5 Å². The number of carbonyl (C=O) groups is 1. The Hall–Kier alpha value is -4.18. The number of carbonyl (C=O) groups excluding carboxylic acids is 1. The molecule has 1 fully saturated rings. The van der Waals surface area contributed by atoms with Gasteiger partial charge in [0.2, 0.25) is 5.91 Å². The third-order valence-electron chi connectivity index (χ3n) is 6.87. The molecule has 39 heavy (non-hydrogen) atoms. The third kappa shape index (κ3) is 6.64. The van der Waals surface area contributed by atoms with Crippen LogP contribution in [0.25, 0.3) is 10.9 Å². The number of fused-ring (bicyclic) bond motifs is 1. The minimum atomic E-state index is -4.43. The SMILES string of the molecule is CC(=O)N1CCC(Nc2c(C#CCNc3ccc(C(C)(C)C#N)nc3)n(CC(F)(F)F)c3ccccc23)CC1. The van der Waals surface area contributed by atoms with Crippen molar-refractivity contribution in [2.24, 2.45) is 0 Å². The summed E-state index contributed by atoms with van der Waals surface area (Å²) in [5.74, 6) is 5.98. The van der Waals surface area contributed by atoms with E-state index in [0.717, 1.165) is 0 Å². The van der Waals surface area contributed by atoms with Crippen LogP contribution in [0, 0.1) is 23.2 Å². The van der Waals surface area contributed by atoms with Crippen molar-refractivity contribution >= 4 is 28.2 Å². The van der Waals surface area contributed by atoms with Gasteiger partial charge < -0.3 is 20.1 Å². The van der Waals surface area contributed by atoms with Gasteiger partial charge in [-0.2, -0.15) is 18.4 Å². The van der Waals surface area contributed by atoms with Crippen LogP contribution in [0.3, 0.4) is 0 Å². The van der Waals surface area contributed by atoms with E-state index in [0.29, 0.717) is 53.9 Å². The van der Waals surface area contributed by atoms with E-state index in [1.165, 1.54) is 11.5 Å². The average molecular weight is 537 g/mol. The molecular formula is C29H31F3N6O. The summed E-state index contributed by atoms with van der Waals surface area (Å²) in [5.41, 5.74) is 1.92. The highest BCUT2D eigenvalue weighted by Crippen LogP contribution is 2.34. The highest BCUT2D eigenvalue weighted by Gasteiger charge is 2.32. The zero-order chi connectivity index (χ0) is 28.2. The number of rotatable bonds is 6. The van der Waals surface area contributed by atoms with Gasteiger partial charge in [0.1, 0.15) is 12.2 Å². The third-order valence-corrected chi connectivity index (χ3v) is 6.87. The Morgan fingerprint density at radius 3 is 2.49 bits per heavy atom. The zero-order valence-electron chi connectivity index (χ0n) is 22.2. The molecular weight excluding hydrogens is 505 g/mol. The number of piperidine rings is 1. The largest absolute Gasteiger partial charge is 0.406 e. The summed E-state index contributed by atoms with van der Waals surface area (Å²) < 4.78 is 42.1. The van der Waals surface area contributed by atoms with Gasteiger partial charge in [0, 0.05) is 31.4 Å². The quantitative estimate of drug-likeness (QED) is 0.419. The van der Waals surface area contributed by atoms with Gasteiger partial charge in [-0.3, -0.25) is 9.78 Å². The fraction of sp³-hybridized carbons (Fsp3) is 0.414. The molecule has 1 aliphatic heterocycles. The van der Waals surface area contributed by atoms with Gasteiger partial charge in [0.15, 0.2) is 0 Å². The first-order valence-electron chi connectivity index (χ1n) is 12.8. The number of nitriles is 1. The van der Waals surface area contributed by atoms with Crippen molar-refractivity contribution in [1.29, 1.82) is 5.26 Å². The van der Waals surface area contributed by atoms with Crippen LogP contribution in [-0.2, 0) is 16.8 Å². The van der Waals surface area contributed by atoms with E-state index in [-0.39, 0.29) is 24.2 Å². The molecule has 0 bridgehead atoms. The number of para-hydroxylation sites is 1. The van der Waals surface area contributed by atoms with Gasteiger partial charge >= 0.3 is 6.18 Å². The molecule has 2 N–H and O–H groups in total. The molecule has 2 aromatic heterocycles. The Kier molecular flexibility index (Phi) is 8.06. The molecule has 0 radical (unpaired) electrons. The van der Waals surface area contributed by atoms with Crippen LogP contribution in [0.4, 0.5) is 24.5 Å². The number of amides is 1. The lowest BCUT2D eigenvalue weighted by atomic mass is 9.91. The predicted octanol–water partition coefficient (Wildman–Crippen LogP) is 5.29. The lowest BCUT2D eigenvalue weighted by Crippen LogP contribution is -2.41. The number of hydrogen-bond acceptors (Lipinski definition) is 5. The van der Waals surface area contributed by atoms with Crippen molar-refractivity contribution in [2.75, 3.05) is 30.3 Å². The Labute approximate surface area is 226 Å². The number of halogens is 3. The first-order valence-corrected chi connectivity index (χ1v) is 12.8. The lowest BCUT2D eigenvalue weighted by Gasteiger charge is -2.32. The summed E-state index contributed by atoms with van der Waals surface area (Å²) in [6.07, 6.45) is -1.43. The van der Waals surface area contributed by atoms with Crippen LogP contribution in [0.15, 0.2) is 42.6 Å². The van der Waals surface area contributed by atoms with E-state index in [4.69, 9.17) is 0 Å². The molecule has 10 heteroatoms. The topological polar surface area (TPSA) is 86.0 Å². The number of benzene rings is 1. The van der Waals surface area contributed by atoms with Gasteiger partial charge in [-0.05, 0) is 50.8 Å². The van der Waals surface area contributed by atoms with Gasteiger partial charge in [0.05, 0.1) is 46.8 Å². The number of alkyl halides is 3. The van der Waals surface area contributed by atoms with Crippen molar-refractivity contribution in [3.05, 3.63) is 54.0 Å². The average Bonchev–Trinajstić information content (AvgIpc) is 3.18. The van der Waals surface area contributed by atoms with Gasteiger partial charge in [-0.15, -0.1) is 0 Å². The van der Waals surface area contributed by atoms with E-state index in [1.54, 1.807) is 61.3 Å². The summed E-state index contributed by atoms with van der Waals surface area (Å²) in [6.45, 7) is 5.33. The molecule has 1 aromatic carbocycles. The molecule has 0 spiro atoms. The first kappa shape index (κ1) is 27.8. The fourth-order valence-electron chi connectivity index (χ4n) is 4.67. The summed E-state index contributed by atoms with van der Waals surface area (Å²) in [6, 6.07) is 12.8. The van der Waals surface area contributed by atoms with E-state index >= 15 is 0 Å². The lowest BCUT2D eigenvalue weighted by molar-refractivity contribution is -0.140. The Morgan fingerprint density at radius 1 is 1.15 bits per heavy atom. The maximum atomic E-state index is 13.6. The van der Waals surface area contributed by atoms with Crippen LogP contribution < -0.4 is 10.6 Å². The second-order valence-corrected chi connectivity index (χ2v) is 10.2. The van der Waals surface area contributed by atoms with Crippen LogP contribution in [0.5, 0.6) is 0 Å². The number of aromatic nitrogens is 2. The molecule has 3 aromatic rings. The van der Waals surface area contributed by atoms with E-state index in [1.807, 2.05) is 0 Å². The molecule has 1 saturated heterocycles. The molecule has 0 saturated carbocycles. The molecule has 1 aliphatic rings. The minimum absolute atomic E-state index is 0.00617. The smallest absolute Gasteiger partial charge is 0.379 e. The standard InChI is InChI=1S/C29H31F3N6O/c1-20(39)37-15-12-21(13-16-37)36-27-23-7-4-5-8-24(23)38(19-29(30,31)32)25(27)9-6-14-34-22-10-11-26(35-17-22)28(2,3)18-33/h4-5,7-8,10-11,17,21,34,36H,12-16,19H2,1-3H3. The molecule has 7 nitrogen and oxygen atoms in total. The van der Waals surface area contributed by atoms with Crippen molar-refractivity contribution in [3.8, 4) is 17.9 Å². The number of pyridine rings is 1. The van der Waals surface area contributed by atoms with E-state index < -0.39 is 18.1 Å². The van der Waals surface area contributed by atoms with Gasteiger partial charge in [-0.1, -0.05) is 24.1 Å². The summed E-state index contributed by atoms with van der Waals surface area (Å²) in [7, 11) is 0. The highest BCUT2D eigenvalue weighted by molar-refractivity contribution is 5.97.